The summed E-state index contributed by atoms with van der Waals surface area (Å²) in [5.41, 5.74) is -0.808. The number of carbonyl (C=O) groups is 2. The molecule has 16 heavy (non-hydrogen) atoms. The maximum Gasteiger partial charge on any atom is 0.314 e. The van der Waals surface area contributed by atoms with Crippen molar-refractivity contribution in [1.29, 1.82) is 0 Å². The van der Waals surface area contributed by atoms with E-state index >= 15 is 0 Å². The van der Waals surface area contributed by atoms with Gasteiger partial charge in [-0.1, -0.05) is 18.8 Å². The van der Waals surface area contributed by atoms with E-state index in [4.69, 9.17) is 4.74 Å². The molecule has 2 aliphatic rings. The van der Waals surface area contributed by atoms with Crippen molar-refractivity contribution in [2.24, 2.45) is 5.92 Å². The molecule has 1 aliphatic heterocycles. The molecule has 3 nitrogen and oxygen atoms in total. The largest absolute Gasteiger partial charge is 0.445 e. The number of hydrogen-bond acceptors (Lipinski definition) is 3. The van der Waals surface area contributed by atoms with Crippen LogP contribution in [0.2, 0.25) is 0 Å². The summed E-state index contributed by atoms with van der Waals surface area (Å²) in [4.78, 5) is 23.0. The molecular formula is C13H16O3. The lowest BCUT2D eigenvalue weighted by Gasteiger charge is -2.36. The standard InChI is InChI=1S/C13H16O3/c1-2-7-13(10-5-3-4-6-10)9-11(14)8-12(15)16-13/h10H,3-6,8-9H2,1H3. The number of ether oxygens (including phenoxy) is 1. The fourth-order valence-electron chi connectivity index (χ4n) is 2.79. The van der Waals surface area contributed by atoms with Gasteiger partial charge in [0.15, 0.2) is 5.60 Å². The van der Waals surface area contributed by atoms with Crippen LogP contribution in [0.1, 0.15) is 45.4 Å². The van der Waals surface area contributed by atoms with Crippen molar-refractivity contribution < 1.29 is 14.3 Å². The number of hydrogen-bond donors (Lipinski definition) is 0. The molecule has 1 unspecified atom stereocenters. The summed E-state index contributed by atoms with van der Waals surface area (Å²) in [7, 11) is 0. The molecule has 0 spiro atoms. The molecule has 2 fully saturated rings. The number of cyclic esters (lactones) is 1. The maximum absolute atomic E-state index is 11.6. The van der Waals surface area contributed by atoms with E-state index in [9.17, 15) is 9.59 Å². The summed E-state index contributed by atoms with van der Waals surface area (Å²) in [6.07, 6.45) is 4.50. The van der Waals surface area contributed by atoms with E-state index < -0.39 is 11.6 Å². The summed E-state index contributed by atoms with van der Waals surface area (Å²) in [5, 5.41) is 0. The van der Waals surface area contributed by atoms with Crippen molar-refractivity contribution in [3.63, 3.8) is 0 Å². The lowest BCUT2D eigenvalue weighted by molar-refractivity contribution is -0.168. The Kier molecular flexibility index (Phi) is 3.00. The van der Waals surface area contributed by atoms with E-state index in [0.29, 0.717) is 0 Å². The first kappa shape index (κ1) is 11.2. The second-order valence-electron chi connectivity index (χ2n) is 4.61. The number of carbonyl (C=O) groups excluding carboxylic acids is 2. The van der Waals surface area contributed by atoms with Gasteiger partial charge in [-0.2, -0.15) is 0 Å². The molecule has 1 atom stereocenters. The minimum Gasteiger partial charge on any atom is -0.445 e. The molecule has 0 amide bonds. The van der Waals surface area contributed by atoms with Crippen LogP contribution in [0.4, 0.5) is 0 Å². The Morgan fingerprint density at radius 3 is 2.56 bits per heavy atom. The van der Waals surface area contributed by atoms with E-state index in [1.807, 2.05) is 0 Å². The van der Waals surface area contributed by atoms with Gasteiger partial charge in [0.25, 0.3) is 0 Å². The third-order valence-corrected chi connectivity index (χ3v) is 3.45. The fourth-order valence-corrected chi connectivity index (χ4v) is 2.79. The summed E-state index contributed by atoms with van der Waals surface area (Å²) >= 11 is 0. The minimum atomic E-state index is -0.808. The van der Waals surface area contributed by atoms with Crippen LogP contribution in [0.15, 0.2) is 0 Å². The van der Waals surface area contributed by atoms with Crippen LogP contribution in [0.5, 0.6) is 0 Å². The molecule has 86 valence electrons. The SMILES string of the molecule is CC#CC1(C2CCCC2)CC(=O)CC(=O)O1. The highest BCUT2D eigenvalue weighted by Gasteiger charge is 2.47. The van der Waals surface area contributed by atoms with Crippen molar-refractivity contribution in [1.82, 2.24) is 0 Å². The van der Waals surface area contributed by atoms with Gasteiger partial charge in [0, 0.05) is 5.92 Å². The molecule has 0 bridgehead atoms. The highest BCUT2D eigenvalue weighted by molar-refractivity contribution is 5.98. The van der Waals surface area contributed by atoms with E-state index in [1.54, 1.807) is 6.92 Å². The van der Waals surface area contributed by atoms with Gasteiger partial charge in [-0.05, 0) is 19.8 Å². The smallest absolute Gasteiger partial charge is 0.314 e. The highest BCUT2D eigenvalue weighted by Crippen LogP contribution is 2.40. The zero-order chi connectivity index (χ0) is 11.6. The van der Waals surface area contributed by atoms with Crippen LogP contribution >= 0.6 is 0 Å². The summed E-state index contributed by atoms with van der Waals surface area (Å²) in [5.74, 6) is 5.60. The van der Waals surface area contributed by atoms with Gasteiger partial charge in [-0.3, -0.25) is 9.59 Å². The Bertz CT molecular complexity index is 350. The quantitative estimate of drug-likeness (QED) is 0.385. The summed E-state index contributed by atoms with van der Waals surface area (Å²) in [6, 6.07) is 0. The molecule has 0 aromatic heterocycles. The van der Waals surface area contributed by atoms with Crippen LogP contribution in [-0.2, 0) is 14.3 Å². The Labute approximate surface area is 95.5 Å². The number of ketones is 1. The number of rotatable bonds is 1. The lowest BCUT2D eigenvalue weighted by Crippen LogP contribution is -2.46. The van der Waals surface area contributed by atoms with Gasteiger partial charge in [0.2, 0.25) is 0 Å². The topological polar surface area (TPSA) is 43.4 Å². The first-order valence-electron chi connectivity index (χ1n) is 5.84. The molecule has 0 radical (unpaired) electrons. The molecule has 1 aliphatic carbocycles. The van der Waals surface area contributed by atoms with Crippen molar-refractivity contribution >= 4 is 11.8 Å². The Morgan fingerprint density at radius 2 is 2.00 bits per heavy atom. The minimum absolute atomic E-state index is 0.0362. The third kappa shape index (κ3) is 1.97. The third-order valence-electron chi connectivity index (χ3n) is 3.45. The average Bonchev–Trinajstić information content (AvgIpc) is 2.69. The molecule has 1 heterocycles. The first-order chi connectivity index (χ1) is 7.66. The van der Waals surface area contributed by atoms with E-state index in [2.05, 4.69) is 11.8 Å². The molecule has 3 heteroatoms. The second-order valence-corrected chi connectivity index (χ2v) is 4.61. The van der Waals surface area contributed by atoms with E-state index in [-0.39, 0.29) is 24.5 Å². The van der Waals surface area contributed by atoms with Crippen LogP contribution in [0.25, 0.3) is 0 Å². The molecular weight excluding hydrogens is 204 g/mol. The fraction of sp³-hybridized carbons (Fsp3) is 0.692. The van der Waals surface area contributed by atoms with Crippen molar-refractivity contribution in [3.05, 3.63) is 0 Å². The first-order valence-corrected chi connectivity index (χ1v) is 5.84. The van der Waals surface area contributed by atoms with Gasteiger partial charge in [-0.15, -0.1) is 5.92 Å². The number of esters is 1. The van der Waals surface area contributed by atoms with Gasteiger partial charge in [-0.25, -0.2) is 0 Å². The zero-order valence-corrected chi connectivity index (χ0v) is 9.54. The predicted octanol–water partition coefficient (Wildman–Crippen LogP) is 1.84. The zero-order valence-electron chi connectivity index (χ0n) is 9.54. The van der Waals surface area contributed by atoms with Gasteiger partial charge >= 0.3 is 5.97 Å². The Morgan fingerprint density at radius 1 is 1.31 bits per heavy atom. The van der Waals surface area contributed by atoms with Gasteiger partial charge in [0.05, 0.1) is 6.42 Å². The molecule has 1 saturated heterocycles. The summed E-state index contributed by atoms with van der Waals surface area (Å²) in [6.45, 7) is 1.73. The van der Waals surface area contributed by atoms with Gasteiger partial charge < -0.3 is 4.74 Å². The summed E-state index contributed by atoms with van der Waals surface area (Å²) < 4.78 is 5.44. The van der Waals surface area contributed by atoms with E-state index in [0.717, 1.165) is 25.7 Å². The number of Topliss-reactive ketones (excluding diaryl/α,β-unsaturated/α-hetero) is 1. The highest BCUT2D eigenvalue weighted by atomic mass is 16.6. The molecule has 0 aromatic carbocycles. The molecule has 0 N–H and O–H groups in total. The molecule has 0 aromatic rings. The van der Waals surface area contributed by atoms with Crippen molar-refractivity contribution in [3.8, 4) is 11.8 Å². The lowest BCUT2D eigenvalue weighted by atomic mass is 9.80. The second kappa shape index (κ2) is 4.29. The van der Waals surface area contributed by atoms with Crippen LogP contribution < -0.4 is 0 Å². The van der Waals surface area contributed by atoms with Crippen LogP contribution in [-0.4, -0.2) is 17.4 Å². The molecule has 1 saturated carbocycles. The monoisotopic (exact) mass is 220 g/mol. The van der Waals surface area contributed by atoms with Crippen LogP contribution in [0.3, 0.4) is 0 Å². The predicted molar refractivity (Wildman–Crippen MR) is 58.5 cm³/mol. The maximum atomic E-state index is 11.6. The molecule has 2 rings (SSSR count). The van der Waals surface area contributed by atoms with Crippen molar-refractivity contribution in [2.45, 2.75) is 51.0 Å². The average molecular weight is 220 g/mol. The van der Waals surface area contributed by atoms with Crippen molar-refractivity contribution in [2.75, 3.05) is 0 Å². The Balaban J connectivity index is 2.28. The van der Waals surface area contributed by atoms with E-state index in [1.165, 1.54) is 0 Å². The Hall–Kier alpha value is -1.30. The normalized spacial score (nSPS) is 30.8. The van der Waals surface area contributed by atoms with Gasteiger partial charge in [0.1, 0.15) is 12.2 Å². The van der Waals surface area contributed by atoms with Crippen LogP contribution in [0, 0.1) is 17.8 Å².